The zero-order chi connectivity index (χ0) is 17.2. The van der Waals surface area contributed by atoms with Crippen LogP contribution in [0.5, 0.6) is 0 Å². The monoisotopic (exact) mass is 331 g/mol. The molecule has 2 heterocycles. The molecule has 0 bridgehead atoms. The van der Waals surface area contributed by atoms with E-state index in [2.05, 4.69) is 10.2 Å². The zero-order valence-electron chi connectivity index (χ0n) is 14.3. The molecule has 2 N–H and O–H groups in total. The number of nitrogens with one attached hydrogen (secondary N) is 1. The van der Waals surface area contributed by atoms with E-state index in [1.54, 1.807) is 6.92 Å². The predicted molar refractivity (Wildman–Crippen MR) is 93.1 cm³/mol. The van der Waals surface area contributed by atoms with Crippen LogP contribution in [-0.4, -0.2) is 65.5 Å². The maximum atomic E-state index is 12.5. The van der Waals surface area contributed by atoms with Gasteiger partial charge in [-0.2, -0.15) is 0 Å². The lowest BCUT2D eigenvalue weighted by Gasteiger charge is -2.33. The molecule has 0 aliphatic carbocycles. The second-order valence-corrected chi connectivity index (χ2v) is 6.73. The molecule has 130 valence electrons. The number of rotatable bonds is 5. The molecule has 1 aromatic carbocycles. The third kappa shape index (κ3) is 3.77. The summed E-state index contributed by atoms with van der Waals surface area (Å²) in [7, 11) is 1.96. The van der Waals surface area contributed by atoms with Crippen molar-refractivity contribution in [2.45, 2.75) is 12.5 Å². The van der Waals surface area contributed by atoms with Crippen LogP contribution in [0.4, 0.5) is 0 Å². The smallest absolute Gasteiger partial charge is 0.252 e. The Morgan fingerprint density at radius 2 is 2.08 bits per heavy atom. The number of carbonyl (C=O) groups is 1. The molecule has 3 rings (SSSR count). The molecule has 1 aliphatic heterocycles. The van der Waals surface area contributed by atoms with Crippen molar-refractivity contribution < 1.29 is 14.6 Å². The first kappa shape index (κ1) is 17.0. The number of β-amino-alcohol motifs (C(OH)–C–C–N with tert-alkyl or cyclic N) is 1. The number of amides is 1. The molecule has 1 aliphatic rings. The number of benzene rings is 1. The van der Waals surface area contributed by atoms with Crippen LogP contribution in [0.3, 0.4) is 0 Å². The van der Waals surface area contributed by atoms with Crippen molar-refractivity contribution in [1.82, 2.24) is 14.8 Å². The summed E-state index contributed by atoms with van der Waals surface area (Å²) in [6, 6.07) is 7.62. The van der Waals surface area contributed by atoms with E-state index in [-0.39, 0.29) is 12.5 Å². The molecule has 1 atom stereocenters. The molecule has 1 unspecified atom stereocenters. The van der Waals surface area contributed by atoms with Gasteiger partial charge in [0, 0.05) is 55.9 Å². The number of morpholine rings is 1. The largest absolute Gasteiger partial charge is 0.387 e. The van der Waals surface area contributed by atoms with Crippen LogP contribution in [-0.2, 0) is 11.8 Å². The van der Waals surface area contributed by atoms with Gasteiger partial charge in [-0.25, -0.2) is 0 Å². The number of hydrogen-bond donors (Lipinski definition) is 2. The summed E-state index contributed by atoms with van der Waals surface area (Å²) < 4.78 is 7.30. The summed E-state index contributed by atoms with van der Waals surface area (Å²) in [6.07, 6.45) is 1.94. The standard InChI is InChI=1S/C18H25N3O3/c1-18(23,13-21-8-10-24-11-9-21)12-19-17(22)15-4-3-5-16-14(15)6-7-20(16)2/h3-7,23H,8-13H2,1-2H3,(H,19,22). The van der Waals surface area contributed by atoms with Crippen molar-refractivity contribution in [3.8, 4) is 0 Å². The number of aliphatic hydroxyl groups is 1. The number of nitrogens with zero attached hydrogens (tertiary/aromatic N) is 2. The summed E-state index contributed by atoms with van der Waals surface area (Å²) in [5.41, 5.74) is 0.676. The Hall–Kier alpha value is -1.89. The van der Waals surface area contributed by atoms with Gasteiger partial charge in [-0.3, -0.25) is 9.69 Å². The topological polar surface area (TPSA) is 66.7 Å². The van der Waals surface area contributed by atoms with Crippen molar-refractivity contribution in [2.75, 3.05) is 39.4 Å². The van der Waals surface area contributed by atoms with E-state index in [9.17, 15) is 9.90 Å². The number of aromatic nitrogens is 1. The van der Waals surface area contributed by atoms with Gasteiger partial charge in [-0.05, 0) is 25.1 Å². The molecule has 6 heteroatoms. The lowest BCUT2D eigenvalue weighted by Crippen LogP contribution is -2.51. The molecule has 1 saturated heterocycles. The van der Waals surface area contributed by atoms with Gasteiger partial charge >= 0.3 is 0 Å². The molecule has 0 radical (unpaired) electrons. The summed E-state index contributed by atoms with van der Waals surface area (Å²) in [5, 5.41) is 14.4. The minimum atomic E-state index is -0.975. The Bertz CT molecular complexity index is 717. The fourth-order valence-electron chi connectivity index (χ4n) is 3.16. The van der Waals surface area contributed by atoms with Gasteiger partial charge in [0.1, 0.15) is 0 Å². The van der Waals surface area contributed by atoms with Gasteiger partial charge in [0.05, 0.1) is 18.8 Å². The Balaban J connectivity index is 1.63. The molecule has 24 heavy (non-hydrogen) atoms. The van der Waals surface area contributed by atoms with Gasteiger partial charge in [0.15, 0.2) is 0 Å². The molecule has 1 fully saturated rings. The first-order chi connectivity index (χ1) is 11.5. The Morgan fingerprint density at radius 3 is 2.83 bits per heavy atom. The van der Waals surface area contributed by atoms with Crippen molar-refractivity contribution in [3.63, 3.8) is 0 Å². The van der Waals surface area contributed by atoms with E-state index in [1.165, 1.54) is 0 Å². The molecular formula is C18H25N3O3. The van der Waals surface area contributed by atoms with Crippen molar-refractivity contribution >= 4 is 16.8 Å². The average molecular weight is 331 g/mol. The van der Waals surface area contributed by atoms with Crippen LogP contribution in [0, 0.1) is 0 Å². The van der Waals surface area contributed by atoms with Crippen LogP contribution < -0.4 is 5.32 Å². The maximum absolute atomic E-state index is 12.5. The third-order valence-electron chi connectivity index (χ3n) is 4.47. The van der Waals surface area contributed by atoms with Crippen LogP contribution in [0.25, 0.3) is 10.9 Å². The lowest BCUT2D eigenvalue weighted by molar-refractivity contribution is -0.0213. The maximum Gasteiger partial charge on any atom is 0.252 e. The first-order valence-corrected chi connectivity index (χ1v) is 8.31. The van der Waals surface area contributed by atoms with Gasteiger partial charge in [-0.15, -0.1) is 0 Å². The SMILES string of the molecule is Cn1ccc2c(C(=O)NCC(C)(O)CN3CCOCC3)cccc21. The molecule has 0 spiro atoms. The highest BCUT2D eigenvalue weighted by atomic mass is 16.5. The van der Waals surface area contributed by atoms with E-state index in [4.69, 9.17) is 4.74 Å². The summed E-state index contributed by atoms with van der Waals surface area (Å²) in [4.78, 5) is 14.7. The molecule has 2 aromatic rings. The van der Waals surface area contributed by atoms with Crippen LogP contribution in [0.2, 0.25) is 0 Å². The van der Waals surface area contributed by atoms with Gasteiger partial charge < -0.3 is 19.7 Å². The Morgan fingerprint density at radius 1 is 1.33 bits per heavy atom. The predicted octanol–water partition coefficient (Wildman–Crippen LogP) is 0.991. The highest BCUT2D eigenvalue weighted by Gasteiger charge is 2.26. The highest BCUT2D eigenvalue weighted by molar-refractivity contribution is 6.06. The highest BCUT2D eigenvalue weighted by Crippen LogP contribution is 2.19. The van der Waals surface area contributed by atoms with E-state index in [1.807, 2.05) is 42.1 Å². The number of carbonyl (C=O) groups excluding carboxylic acids is 1. The third-order valence-corrected chi connectivity index (χ3v) is 4.47. The van der Waals surface area contributed by atoms with E-state index in [0.29, 0.717) is 25.3 Å². The lowest BCUT2D eigenvalue weighted by atomic mass is 10.1. The molecule has 0 saturated carbocycles. The van der Waals surface area contributed by atoms with E-state index in [0.717, 1.165) is 24.0 Å². The fraction of sp³-hybridized carbons (Fsp3) is 0.500. The minimum Gasteiger partial charge on any atom is -0.387 e. The zero-order valence-corrected chi connectivity index (χ0v) is 14.3. The summed E-state index contributed by atoms with van der Waals surface area (Å²) in [5.74, 6) is -0.158. The number of aryl methyl sites for hydroxylation is 1. The second-order valence-electron chi connectivity index (χ2n) is 6.73. The summed E-state index contributed by atoms with van der Waals surface area (Å²) >= 11 is 0. The minimum absolute atomic E-state index is 0.158. The fourth-order valence-corrected chi connectivity index (χ4v) is 3.16. The van der Waals surface area contributed by atoms with Gasteiger partial charge in [0.2, 0.25) is 0 Å². The second kappa shape index (κ2) is 6.93. The van der Waals surface area contributed by atoms with Gasteiger partial charge in [-0.1, -0.05) is 6.07 Å². The van der Waals surface area contributed by atoms with Crippen LogP contribution in [0.15, 0.2) is 30.5 Å². The summed E-state index contributed by atoms with van der Waals surface area (Å²) in [6.45, 7) is 5.50. The van der Waals surface area contributed by atoms with Crippen molar-refractivity contribution in [1.29, 1.82) is 0 Å². The number of fused-ring (bicyclic) bond motifs is 1. The first-order valence-electron chi connectivity index (χ1n) is 8.31. The number of ether oxygens (including phenoxy) is 1. The van der Waals surface area contributed by atoms with Crippen molar-refractivity contribution in [3.05, 3.63) is 36.0 Å². The molecular weight excluding hydrogens is 306 g/mol. The Labute approximate surface area is 142 Å². The Kier molecular flexibility index (Phi) is 4.89. The average Bonchev–Trinajstić information content (AvgIpc) is 2.95. The quantitative estimate of drug-likeness (QED) is 0.857. The molecule has 1 aromatic heterocycles. The molecule has 6 nitrogen and oxygen atoms in total. The van der Waals surface area contributed by atoms with Crippen molar-refractivity contribution in [2.24, 2.45) is 7.05 Å². The van der Waals surface area contributed by atoms with Crippen LogP contribution in [0.1, 0.15) is 17.3 Å². The van der Waals surface area contributed by atoms with E-state index < -0.39 is 5.60 Å². The normalized spacial score (nSPS) is 18.5. The van der Waals surface area contributed by atoms with Gasteiger partial charge in [0.25, 0.3) is 5.91 Å². The molecule has 1 amide bonds. The number of hydrogen-bond acceptors (Lipinski definition) is 4. The van der Waals surface area contributed by atoms with E-state index >= 15 is 0 Å². The van der Waals surface area contributed by atoms with Crippen LogP contribution >= 0.6 is 0 Å².